The largest absolute Gasteiger partial charge is 0.325 e. The van der Waals surface area contributed by atoms with Crippen LogP contribution in [0.4, 0.5) is 5.69 Å². The Hall–Kier alpha value is -2.97. The van der Waals surface area contributed by atoms with Gasteiger partial charge >= 0.3 is 0 Å². The van der Waals surface area contributed by atoms with Crippen LogP contribution in [0.2, 0.25) is 5.02 Å². The van der Waals surface area contributed by atoms with E-state index in [0.717, 1.165) is 16.9 Å². The Kier molecular flexibility index (Phi) is 5.23. The molecule has 0 fully saturated rings. The van der Waals surface area contributed by atoms with Crippen LogP contribution in [0.15, 0.2) is 59.9 Å². The fourth-order valence-corrected chi connectivity index (χ4v) is 3.50. The summed E-state index contributed by atoms with van der Waals surface area (Å²) < 4.78 is 1.60. The number of rotatable bonds is 5. The van der Waals surface area contributed by atoms with E-state index < -0.39 is 0 Å². The Labute approximate surface area is 170 Å². The van der Waals surface area contributed by atoms with Crippen molar-refractivity contribution in [3.05, 3.63) is 65.4 Å². The molecule has 28 heavy (non-hydrogen) atoms. The minimum absolute atomic E-state index is 0.122. The van der Waals surface area contributed by atoms with Gasteiger partial charge in [-0.25, -0.2) is 9.97 Å². The van der Waals surface area contributed by atoms with Gasteiger partial charge in [0.1, 0.15) is 11.4 Å². The summed E-state index contributed by atoms with van der Waals surface area (Å²) in [6.45, 7) is 2.00. The molecule has 0 aliphatic rings. The van der Waals surface area contributed by atoms with E-state index in [1.54, 1.807) is 16.8 Å². The molecular formula is C19H15ClN6OS. The van der Waals surface area contributed by atoms with E-state index >= 15 is 0 Å². The summed E-state index contributed by atoms with van der Waals surface area (Å²) in [5, 5.41) is 12.4. The van der Waals surface area contributed by atoms with E-state index in [1.807, 2.05) is 43.3 Å². The molecule has 0 aliphatic heterocycles. The molecule has 0 aliphatic carbocycles. The maximum atomic E-state index is 12.2. The molecule has 9 heteroatoms. The van der Waals surface area contributed by atoms with Gasteiger partial charge in [0.25, 0.3) is 0 Å². The van der Waals surface area contributed by atoms with Crippen LogP contribution in [-0.2, 0) is 4.79 Å². The van der Waals surface area contributed by atoms with E-state index in [1.165, 1.54) is 18.1 Å². The highest BCUT2D eigenvalue weighted by atomic mass is 35.5. The Morgan fingerprint density at radius 2 is 2.00 bits per heavy atom. The van der Waals surface area contributed by atoms with E-state index in [0.29, 0.717) is 21.2 Å². The fraction of sp³-hybridized carbons (Fsp3) is 0.105. The van der Waals surface area contributed by atoms with Gasteiger partial charge in [0, 0.05) is 10.7 Å². The van der Waals surface area contributed by atoms with Gasteiger partial charge in [0.05, 0.1) is 11.4 Å². The smallest absolute Gasteiger partial charge is 0.234 e. The first-order valence-electron chi connectivity index (χ1n) is 8.42. The fourth-order valence-electron chi connectivity index (χ4n) is 2.58. The summed E-state index contributed by atoms with van der Waals surface area (Å²) >= 11 is 7.35. The summed E-state index contributed by atoms with van der Waals surface area (Å²) in [6, 6.07) is 14.9. The molecular weight excluding hydrogens is 396 g/mol. The molecule has 4 rings (SSSR count). The summed E-state index contributed by atoms with van der Waals surface area (Å²) in [5.41, 5.74) is 3.74. The lowest BCUT2D eigenvalue weighted by atomic mass is 10.2. The van der Waals surface area contributed by atoms with Crippen molar-refractivity contribution in [3.63, 3.8) is 0 Å². The Morgan fingerprint density at radius 3 is 2.79 bits per heavy atom. The van der Waals surface area contributed by atoms with E-state index in [-0.39, 0.29) is 11.7 Å². The molecule has 1 N–H and O–H groups in total. The standard InChI is InChI=1S/C19H15ClN6OS/c1-12-5-7-14(8-6-12)23-16(27)10-28-19-17-18(21-11-22-19)26(25-24-17)15-4-2-3-13(20)9-15/h2-9,11H,10H2,1H3,(H,23,27). The van der Waals surface area contributed by atoms with Crippen molar-refractivity contribution in [1.29, 1.82) is 0 Å². The van der Waals surface area contributed by atoms with Crippen LogP contribution in [0.5, 0.6) is 0 Å². The quantitative estimate of drug-likeness (QED) is 0.396. The van der Waals surface area contributed by atoms with Crippen LogP contribution in [0.25, 0.3) is 16.9 Å². The van der Waals surface area contributed by atoms with E-state index in [9.17, 15) is 4.79 Å². The topological polar surface area (TPSA) is 85.6 Å². The molecule has 0 unspecified atom stereocenters. The third kappa shape index (κ3) is 3.97. The van der Waals surface area contributed by atoms with Crippen molar-refractivity contribution in [2.24, 2.45) is 0 Å². The number of hydrogen-bond acceptors (Lipinski definition) is 6. The molecule has 2 aromatic carbocycles. The number of carbonyl (C=O) groups is 1. The zero-order chi connectivity index (χ0) is 19.5. The number of amides is 1. The average molecular weight is 411 g/mol. The van der Waals surface area contributed by atoms with Gasteiger partial charge in [0.2, 0.25) is 5.91 Å². The molecule has 1 amide bonds. The lowest BCUT2D eigenvalue weighted by Crippen LogP contribution is -2.14. The minimum atomic E-state index is -0.122. The summed E-state index contributed by atoms with van der Waals surface area (Å²) in [5.74, 6) is 0.0761. The van der Waals surface area contributed by atoms with Crippen LogP contribution < -0.4 is 5.32 Å². The van der Waals surface area contributed by atoms with Crippen molar-refractivity contribution in [3.8, 4) is 5.69 Å². The Bertz CT molecular complexity index is 1140. The molecule has 0 radical (unpaired) electrons. The van der Waals surface area contributed by atoms with Gasteiger partial charge in [-0.1, -0.05) is 52.3 Å². The molecule has 0 saturated heterocycles. The monoisotopic (exact) mass is 410 g/mol. The molecule has 4 aromatic rings. The zero-order valence-electron chi connectivity index (χ0n) is 14.8. The van der Waals surface area contributed by atoms with Crippen LogP contribution in [-0.4, -0.2) is 36.6 Å². The summed E-state index contributed by atoms with van der Waals surface area (Å²) in [7, 11) is 0. The van der Waals surface area contributed by atoms with Crippen LogP contribution in [0, 0.1) is 6.92 Å². The van der Waals surface area contributed by atoms with Crippen LogP contribution in [0.1, 0.15) is 5.56 Å². The van der Waals surface area contributed by atoms with Crippen molar-refractivity contribution < 1.29 is 4.79 Å². The number of nitrogens with zero attached hydrogens (tertiary/aromatic N) is 5. The second-order valence-electron chi connectivity index (χ2n) is 6.04. The van der Waals surface area contributed by atoms with Gasteiger partial charge in [-0.05, 0) is 37.3 Å². The maximum Gasteiger partial charge on any atom is 0.234 e. The third-order valence-corrected chi connectivity index (χ3v) is 5.15. The predicted molar refractivity (Wildman–Crippen MR) is 110 cm³/mol. The SMILES string of the molecule is Cc1ccc(NC(=O)CSc2ncnc3c2nnn3-c2cccc(Cl)c2)cc1. The number of hydrogen-bond donors (Lipinski definition) is 1. The first kappa shape index (κ1) is 18.4. The molecule has 0 bridgehead atoms. The molecule has 0 saturated carbocycles. The van der Waals surface area contributed by atoms with Gasteiger partial charge in [-0.2, -0.15) is 4.68 Å². The molecule has 2 aromatic heterocycles. The average Bonchev–Trinajstić information content (AvgIpc) is 3.13. The van der Waals surface area contributed by atoms with Crippen molar-refractivity contribution in [2.45, 2.75) is 11.9 Å². The zero-order valence-corrected chi connectivity index (χ0v) is 16.4. The molecule has 140 valence electrons. The summed E-state index contributed by atoms with van der Waals surface area (Å²) in [4.78, 5) is 20.8. The number of aromatic nitrogens is 5. The van der Waals surface area contributed by atoms with Crippen LogP contribution >= 0.6 is 23.4 Å². The molecule has 0 atom stereocenters. The molecule has 2 heterocycles. The first-order chi connectivity index (χ1) is 13.6. The van der Waals surface area contributed by atoms with Crippen molar-refractivity contribution >= 4 is 46.1 Å². The van der Waals surface area contributed by atoms with Crippen molar-refractivity contribution in [2.75, 3.05) is 11.1 Å². The predicted octanol–water partition coefficient (Wildman–Crippen LogP) is 3.90. The third-order valence-electron chi connectivity index (χ3n) is 3.93. The lowest BCUT2D eigenvalue weighted by Gasteiger charge is -2.05. The van der Waals surface area contributed by atoms with Gasteiger partial charge in [0.15, 0.2) is 11.2 Å². The van der Waals surface area contributed by atoms with Crippen LogP contribution in [0.3, 0.4) is 0 Å². The normalized spacial score (nSPS) is 10.9. The number of aryl methyl sites for hydroxylation is 1. The number of thioether (sulfide) groups is 1. The lowest BCUT2D eigenvalue weighted by molar-refractivity contribution is -0.113. The number of benzene rings is 2. The van der Waals surface area contributed by atoms with E-state index in [4.69, 9.17) is 11.6 Å². The number of nitrogens with one attached hydrogen (secondary N) is 1. The summed E-state index contributed by atoms with van der Waals surface area (Å²) in [6.07, 6.45) is 1.44. The molecule has 0 spiro atoms. The highest BCUT2D eigenvalue weighted by Gasteiger charge is 2.15. The minimum Gasteiger partial charge on any atom is -0.325 e. The number of anilines is 1. The highest BCUT2D eigenvalue weighted by molar-refractivity contribution is 8.00. The van der Waals surface area contributed by atoms with Gasteiger partial charge < -0.3 is 5.32 Å². The number of fused-ring (bicyclic) bond motifs is 1. The maximum absolute atomic E-state index is 12.2. The van der Waals surface area contributed by atoms with Gasteiger partial charge in [-0.3, -0.25) is 4.79 Å². The highest BCUT2D eigenvalue weighted by Crippen LogP contribution is 2.25. The Balaban J connectivity index is 1.51. The molecule has 7 nitrogen and oxygen atoms in total. The van der Waals surface area contributed by atoms with E-state index in [2.05, 4.69) is 25.6 Å². The van der Waals surface area contributed by atoms with Gasteiger partial charge in [-0.15, -0.1) is 5.10 Å². The first-order valence-corrected chi connectivity index (χ1v) is 9.78. The number of halogens is 1. The number of carbonyl (C=O) groups excluding carboxylic acids is 1. The second-order valence-corrected chi connectivity index (χ2v) is 7.44. The second kappa shape index (κ2) is 7.95. The Morgan fingerprint density at radius 1 is 1.18 bits per heavy atom. The van der Waals surface area contributed by atoms with Crippen molar-refractivity contribution in [1.82, 2.24) is 25.0 Å².